The minimum Gasteiger partial charge on any atom is -0.488 e. The van der Waals surface area contributed by atoms with Crippen LogP contribution in [0.5, 0.6) is 5.75 Å². The number of hydrogen-bond donors (Lipinski definition) is 2. The lowest BCUT2D eigenvalue weighted by Gasteiger charge is -2.32. The van der Waals surface area contributed by atoms with Crippen molar-refractivity contribution in [1.29, 1.82) is 0 Å². The number of benzene rings is 2. The number of fused-ring (bicyclic) bond motifs is 1. The second kappa shape index (κ2) is 8.73. The number of methoxy groups -OCH3 is 1. The molecule has 0 aliphatic carbocycles. The number of anilines is 1. The maximum atomic E-state index is 12.4. The molecule has 1 unspecified atom stereocenters. The number of aryl methyl sites for hydroxylation is 1. The van der Waals surface area contributed by atoms with E-state index < -0.39 is 10.0 Å². The van der Waals surface area contributed by atoms with Crippen LogP contribution < -0.4 is 14.8 Å². The van der Waals surface area contributed by atoms with Gasteiger partial charge in [-0.1, -0.05) is 12.1 Å². The lowest BCUT2D eigenvalue weighted by molar-refractivity contribution is 0.0846. The maximum absolute atomic E-state index is 12.4. The highest BCUT2D eigenvalue weighted by Gasteiger charge is 2.26. The zero-order chi connectivity index (χ0) is 21.1. The van der Waals surface area contributed by atoms with Gasteiger partial charge < -0.3 is 14.8 Å². The largest absolute Gasteiger partial charge is 0.488 e. The summed E-state index contributed by atoms with van der Waals surface area (Å²) < 4.78 is 38.4. The fourth-order valence-corrected chi connectivity index (χ4v) is 4.62. The fourth-order valence-electron chi connectivity index (χ4n) is 3.40. The zero-order valence-corrected chi connectivity index (χ0v) is 18.3. The Morgan fingerprint density at radius 2 is 1.90 bits per heavy atom. The van der Waals surface area contributed by atoms with E-state index >= 15 is 0 Å². The Labute approximate surface area is 173 Å². The first-order valence-corrected chi connectivity index (χ1v) is 11.3. The van der Waals surface area contributed by atoms with Crippen molar-refractivity contribution in [2.75, 3.05) is 19.0 Å². The van der Waals surface area contributed by atoms with E-state index in [0.29, 0.717) is 13.2 Å². The molecule has 1 heterocycles. The molecule has 7 heteroatoms. The summed E-state index contributed by atoms with van der Waals surface area (Å²) in [5.74, 6) is 0.967. The van der Waals surface area contributed by atoms with Crippen molar-refractivity contribution in [3.63, 3.8) is 0 Å². The molecule has 0 aromatic heterocycles. The molecule has 0 saturated carbocycles. The first-order valence-electron chi connectivity index (χ1n) is 9.84. The smallest absolute Gasteiger partial charge is 0.240 e. The van der Waals surface area contributed by atoms with Gasteiger partial charge in [0.05, 0.1) is 11.5 Å². The fraction of sp³-hybridized carbons (Fsp3) is 0.455. The second-order valence-electron chi connectivity index (χ2n) is 8.16. The molecule has 29 heavy (non-hydrogen) atoms. The summed E-state index contributed by atoms with van der Waals surface area (Å²) in [5.41, 5.74) is 3.16. The third-order valence-electron chi connectivity index (χ3n) is 4.94. The Morgan fingerprint density at radius 3 is 2.59 bits per heavy atom. The van der Waals surface area contributed by atoms with Crippen molar-refractivity contribution in [2.45, 2.75) is 56.7 Å². The average Bonchev–Trinajstić information content (AvgIpc) is 2.66. The molecule has 3 rings (SSSR count). The van der Waals surface area contributed by atoms with Crippen LogP contribution in [-0.2, 0) is 27.7 Å². The molecule has 0 bridgehead atoms. The monoisotopic (exact) mass is 418 g/mol. The lowest BCUT2D eigenvalue weighted by atomic mass is 9.93. The normalized spacial score (nSPS) is 16.6. The van der Waals surface area contributed by atoms with Crippen molar-refractivity contribution in [3.8, 4) is 5.75 Å². The Balaban J connectivity index is 1.61. The first-order chi connectivity index (χ1) is 13.7. The van der Waals surface area contributed by atoms with Crippen molar-refractivity contribution in [1.82, 2.24) is 4.72 Å². The average molecular weight is 419 g/mol. The topological polar surface area (TPSA) is 76.7 Å². The summed E-state index contributed by atoms with van der Waals surface area (Å²) in [4.78, 5) is 0.236. The van der Waals surface area contributed by atoms with E-state index in [2.05, 4.69) is 36.0 Å². The van der Waals surface area contributed by atoms with Gasteiger partial charge in [-0.15, -0.1) is 0 Å². The van der Waals surface area contributed by atoms with Gasteiger partial charge in [-0.05, 0) is 75.1 Å². The third-order valence-corrected chi connectivity index (χ3v) is 6.55. The van der Waals surface area contributed by atoms with Crippen LogP contribution >= 0.6 is 0 Å². The number of nitrogens with one attached hydrogen (secondary N) is 2. The van der Waals surface area contributed by atoms with Gasteiger partial charge in [0.1, 0.15) is 11.4 Å². The highest BCUT2D eigenvalue weighted by atomic mass is 32.2. The van der Waals surface area contributed by atoms with Crippen LogP contribution in [0, 0.1) is 0 Å². The van der Waals surface area contributed by atoms with Gasteiger partial charge in [0, 0.05) is 25.4 Å². The number of hydrogen-bond acceptors (Lipinski definition) is 5. The molecule has 0 saturated heterocycles. The maximum Gasteiger partial charge on any atom is 0.240 e. The Bertz CT molecular complexity index is 940. The predicted octanol–water partition coefficient (Wildman–Crippen LogP) is 3.72. The summed E-state index contributed by atoms with van der Waals surface area (Å²) in [6.45, 7) is 6.97. The van der Waals surface area contributed by atoms with Gasteiger partial charge in [0.2, 0.25) is 10.0 Å². The van der Waals surface area contributed by atoms with Crippen molar-refractivity contribution < 1.29 is 17.9 Å². The van der Waals surface area contributed by atoms with Crippen molar-refractivity contribution in [2.24, 2.45) is 0 Å². The van der Waals surface area contributed by atoms with Crippen LogP contribution in [-0.4, -0.2) is 33.8 Å². The minimum absolute atomic E-state index is 0.106. The molecule has 0 radical (unpaired) electrons. The van der Waals surface area contributed by atoms with Gasteiger partial charge >= 0.3 is 0 Å². The summed E-state index contributed by atoms with van der Waals surface area (Å²) in [6.07, 6.45) is 2.01. The van der Waals surface area contributed by atoms with Gasteiger partial charge in [0.25, 0.3) is 0 Å². The molecule has 1 aliphatic rings. The van der Waals surface area contributed by atoms with E-state index in [1.165, 1.54) is 11.1 Å². The van der Waals surface area contributed by atoms with E-state index in [4.69, 9.17) is 9.47 Å². The number of sulfonamides is 1. The van der Waals surface area contributed by atoms with Crippen LogP contribution in [0.4, 0.5) is 5.69 Å². The van der Waals surface area contributed by atoms with Crippen LogP contribution in [0.25, 0.3) is 0 Å². The van der Waals surface area contributed by atoms with E-state index in [-0.39, 0.29) is 16.5 Å². The SMILES string of the molecule is COCC(C)NS(=O)(=O)c1ccc(NCc2ccc3c(c2)CCC(C)(C)O3)cc1. The molecule has 158 valence electrons. The Morgan fingerprint density at radius 1 is 1.17 bits per heavy atom. The molecule has 2 aromatic carbocycles. The van der Waals surface area contributed by atoms with Gasteiger partial charge in [-0.25, -0.2) is 13.1 Å². The molecule has 2 aromatic rings. The van der Waals surface area contributed by atoms with Crippen LogP contribution in [0.15, 0.2) is 47.4 Å². The lowest BCUT2D eigenvalue weighted by Crippen LogP contribution is -2.35. The first kappa shape index (κ1) is 21.6. The number of rotatable bonds is 8. The molecular weight excluding hydrogens is 388 g/mol. The van der Waals surface area contributed by atoms with E-state index in [1.807, 2.05) is 6.07 Å². The van der Waals surface area contributed by atoms with Crippen molar-refractivity contribution >= 4 is 15.7 Å². The summed E-state index contributed by atoms with van der Waals surface area (Å²) >= 11 is 0. The van der Waals surface area contributed by atoms with E-state index in [9.17, 15) is 8.42 Å². The molecule has 0 fully saturated rings. The Hall–Kier alpha value is -2.09. The van der Waals surface area contributed by atoms with Gasteiger partial charge in [-0.3, -0.25) is 0 Å². The predicted molar refractivity (Wildman–Crippen MR) is 115 cm³/mol. The summed E-state index contributed by atoms with van der Waals surface area (Å²) in [5, 5.41) is 3.35. The molecular formula is C22H30N2O4S. The standard InChI is InChI=1S/C22H30N2O4S/c1-16(15-27-4)24-29(25,26)20-8-6-19(7-9-20)23-14-17-5-10-21-18(13-17)11-12-22(2,3)28-21/h5-10,13,16,23-24H,11-12,14-15H2,1-4H3. The molecule has 0 amide bonds. The zero-order valence-electron chi connectivity index (χ0n) is 17.5. The highest BCUT2D eigenvalue weighted by Crippen LogP contribution is 2.33. The Kier molecular flexibility index (Phi) is 6.51. The number of ether oxygens (including phenoxy) is 2. The van der Waals surface area contributed by atoms with E-state index in [0.717, 1.165) is 24.3 Å². The van der Waals surface area contributed by atoms with Crippen molar-refractivity contribution in [3.05, 3.63) is 53.6 Å². The molecule has 6 nitrogen and oxygen atoms in total. The quantitative estimate of drug-likeness (QED) is 0.683. The van der Waals surface area contributed by atoms with Crippen LogP contribution in [0.1, 0.15) is 38.3 Å². The van der Waals surface area contributed by atoms with E-state index in [1.54, 1.807) is 38.3 Å². The molecule has 1 aliphatic heterocycles. The second-order valence-corrected chi connectivity index (χ2v) is 9.87. The van der Waals surface area contributed by atoms with Crippen LogP contribution in [0.2, 0.25) is 0 Å². The molecule has 1 atom stereocenters. The minimum atomic E-state index is -3.56. The molecule has 2 N–H and O–H groups in total. The van der Waals surface area contributed by atoms with Gasteiger partial charge in [0.15, 0.2) is 0 Å². The molecule has 0 spiro atoms. The summed E-state index contributed by atoms with van der Waals surface area (Å²) in [6, 6.07) is 12.8. The third kappa shape index (κ3) is 5.72. The van der Waals surface area contributed by atoms with Gasteiger partial charge in [-0.2, -0.15) is 0 Å². The summed E-state index contributed by atoms with van der Waals surface area (Å²) in [7, 11) is -2.01. The van der Waals surface area contributed by atoms with Crippen LogP contribution in [0.3, 0.4) is 0 Å². The highest BCUT2D eigenvalue weighted by molar-refractivity contribution is 7.89.